The van der Waals surface area contributed by atoms with E-state index >= 15 is 0 Å². The van der Waals surface area contributed by atoms with Crippen LogP contribution in [0.1, 0.15) is 33.3 Å². The number of ether oxygens (including phenoxy) is 1. The van der Waals surface area contributed by atoms with Crippen LogP contribution in [0.4, 0.5) is 18.3 Å². The number of hydrogen-bond donors (Lipinski definition) is 1. The fourth-order valence-electron chi connectivity index (χ4n) is 2.06. The van der Waals surface area contributed by atoms with Crippen LogP contribution in [0, 0.1) is 0 Å². The Morgan fingerprint density at radius 1 is 1.27 bits per heavy atom. The minimum atomic E-state index is -4.48. The molecule has 0 aliphatic rings. The molecule has 0 bridgehead atoms. The molecule has 6 nitrogen and oxygen atoms in total. The van der Waals surface area contributed by atoms with E-state index in [0.717, 1.165) is 35.6 Å². The van der Waals surface area contributed by atoms with Gasteiger partial charge in [0.05, 0.1) is 12.2 Å². The first-order valence-electron chi connectivity index (χ1n) is 7.59. The maximum atomic E-state index is 12.6. The van der Waals surface area contributed by atoms with E-state index in [2.05, 4.69) is 4.98 Å². The van der Waals surface area contributed by atoms with Gasteiger partial charge in [-0.1, -0.05) is 0 Å². The minimum absolute atomic E-state index is 0.0501. The second-order valence-electron chi connectivity index (χ2n) is 5.06. The Morgan fingerprint density at radius 2 is 1.92 bits per heavy atom. The van der Waals surface area contributed by atoms with Crippen molar-refractivity contribution in [2.75, 3.05) is 24.6 Å². The van der Waals surface area contributed by atoms with Gasteiger partial charge in [0.25, 0.3) is 5.91 Å². The van der Waals surface area contributed by atoms with E-state index in [9.17, 15) is 22.8 Å². The maximum absolute atomic E-state index is 12.6. The average Bonchev–Trinajstić information content (AvgIpc) is 3.08. The van der Waals surface area contributed by atoms with Crippen molar-refractivity contribution in [1.29, 1.82) is 0 Å². The van der Waals surface area contributed by atoms with E-state index in [-0.39, 0.29) is 36.1 Å². The summed E-state index contributed by atoms with van der Waals surface area (Å²) < 4.78 is 42.8. The van der Waals surface area contributed by atoms with E-state index in [1.165, 1.54) is 10.3 Å². The van der Waals surface area contributed by atoms with Gasteiger partial charge in [0, 0.05) is 24.0 Å². The van der Waals surface area contributed by atoms with Gasteiger partial charge in [-0.05, 0) is 31.2 Å². The predicted molar refractivity (Wildman–Crippen MR) is 90.2 cm³/mol. The highest BCUT2D eigenvalue weighted by atomic mass is 32.1. The zero-order valence-electron chi connectivity index (χ0n) is 13.7. The summed E-state index contributed by atoms with van der Waals surface area (Å²) in [4.78, 5) is 29.6. The van der Waals surface area contributed by atoms with Crippen molar-refractivity contribution in [3.8, 4) is 0 Å². The second kappa shape index (κ2) is 8.28. The van der Waals surface area contributed by atoms with Crippen molar-refractivity contribution >= 4 is 28.3 Å². The molecule has 140 valence electrons. The molecule has 0 unspecified atom stereocenters. The van der Waals surface area contributed by atoms with E-state index in [1.807, 2.05) is 0 Å². The average molecular weight is 387 g/mol. The Labute approximate surface area is 151 Å². The molecule has 0 atom stereocenters. The second-order valence-corrected chi connectivity index (χ2v) is 5.89. The molecular formula is C16H16F3N3O3S. The smallest absolute Gasteiger partial charge is 0.416 e. The molecule has 0 spiro atoms. The van der Waals surface area contributed by atoms with Gasteiger partial charge in [0.1, 0.15) is 0 Å². The third kappa shape index (κ3) is 4.58. The Morgan fingerprint density at radius 3 is 2.46 bits per heavy atom. The monoisotopic (exact) mass is 387 g/mol. The molecule has 0 saturated carbocycles. The van der Waals surface area contributed by atoms with Crippen molar-refractivity contribution in [1.82, 2.24) is 4.98 Å². The third-order valence-corrected chi connectivity index (χ3v) is 4.13. The van der Waals surface area contributed by atoms with Gasteiger partial charge in [0.15, 0.2) is 10.8 Å². The molecule has 10 heteroatoms. The van der Waals surface area contributed by atoms with Crippen LogP contribution in [0.3, 0.4) is 0 Å². The largest absolute Gasteiger partial charge is 0.461 e. The Hall–Kier alpha value is -2.46. The van der Waals surface area contributed by atoms with Crippen molar-refractivity contribution in [3.05, 3.63) is 46.5 Å². The van der Waals surface area contributed by atoms with Crippen molar-refractivity contribution < 1.29 is 27.5 Å². The Kier molecular flexibility index (Phi) is 6.32. The molecule has 0 fully saturated rings. The summed E-state index contributed by atoms with van der Waals surface area (Å²) in [6.07, 6.45) is -4.48. The minimum Gasteiger partial charge on any atom is -0.461 e. The van der Waals surface area contributed by atoms with Crippen LogP contribution < -0.4 is 10.6 Å². The van der Waals surface area contributed by atoms with E-state index < -0.39 is 23.6 Å². The van der Waals surface area contributed by atoms with E-state index in [0.29, 0.717) is 0 Å². The van der Waals surface area contributed by atoms with Crippen LogP contribution in [0.5, 0.6) is 0 Å². The summed E-state index contributed by atoms with van der Waals surface area (Å²) in [5.41, 5.74) is 4.78. The van der Waals surface area contributed by atoms with Crippen LogP contribution in [-0.4, -0.2) is 36.6 Å². The van der Waals surface area contributed by atoms with Crippen LogP contribution in [0.25, 0.3) is 0 Å². The molecule has 0 aliphatic heterocycles. The molecular weight excluding hydrogens is 371 g/mol. The number of nitrogens with zero attached hydrogens (tertiary/aromatic N) is 2. The first-order valence-corrected chi connectivity index (χ1v) is 8.47. The van der Waals surface area contributed by atoms with Crippen LogP contribution >= 0.6 is 11.3 Å². The number of carbonyl (C=O) groups is 2. The van der Waals surface area contributed by atoms with Crippen LogP contribution in [0.2, 0.25) is 0 Å². The van der Waals surface area contributed by atoms with Gasteiger partial charge in [-0.15, -0.1) is 11.3 Å². The normalized spacial score (nSPS) is 11.3. The molecule has 1 amide bonds. The zero-order chi connectivity index (χ0) is 19.3. The number of hydrogen-bond acceptors (Lipinski definition) is 6. The van der Waals surface area contributed by atoms with E-state index in [4.69, 9.17) is 10.5 Å². The summed E-state index contributed by atoms with van der Waals surface area (Å²) in [5, 5.41) is 1.65. The summed E-state index contributed by atoms with van der Waals surface area (Å²) in [7, 11) is 0. The lowest BCUT2D eigenvalue weighted by Gasteiger charge is -2.19. The van der Waals surface area contributed by atoms with Gasteiger partial charge in [0.2, 0.25) is 0 Å². The highest BCUT2D eigenvalue weighted by molar-refractivity contribution is 7.14. The zero-order valence-corrected chi connectivity index (χ0v) is 14.6. The third-order valence-electron chi connectivity index (χ3n) is 3.26. The van der Waals surface area contributed by atoms with Crippen molar-refractivity contribution in [2.45, 2.75) is 13.1 Å². The Balaban J connectivity index is 2.26. The summed E-state index contributed by atoms with van der Waals surface area (Å²) in [6.45, 7) is 2.04. The molecule has 1 aromatic carbocycles. The summed E-state index contributed by atoms with van der Waals surface area (Å²) in [5.74, 6) is -1.18. The molecule has 1 aromatic heterocycles. The lowest BCUT2D eigenvalue weighted by Crippen LogP contribution is -2.35. The number of aromatic nitrogens is 1. The molecule has 26 heavy (non-hydrogen) atoms. The number of nitrogens with two attached hydrogens (primary N) is 1. The van der Waals surface area contributed by atoms with Gasteiger partial charge >= 0.3 is 12.1 Å². The number of esters is 1. The number of benzene rings is 1. The topological polar surface area (TPSA) is 85.5 Å². The highest BCUT2D eigenvalue weighted by Gasteiger charge is 2.30. The van der Waals surface area contributed by atoms with Gasteiger partial charge < -0.3 is 10.5 Å². The van der Waals surface area contributed by atoms with Crippen LogP contribution in [0.15, 0.2) is 29.6 Å². The molecule has 2 aromatic rings. The maximum Gasteiger partial charge on any atom is 0.416 e. The number of thiazole rings is 1. The summed E-state index contributed by atoms with van der Waals surface area (Å²) >= 11 is 1.04. The summed E-state index contributed by atoms with van der Waals surface area (Å²) in [6, 6.07) is 3.85. The van der Waals surface area contributed by atoms with Crippen molar-refractivity contribution in [2.24, 2.45) is 5.73 Å². The fourth-order valence-corrected chi connectivity index (χ4v) is 2.88. The molecule has 0 saturated heterocycles. The first kappa shape index (κ1) is 19.9. The van der Waals surface area contributed by atoms with Crippen molar-refractivity contribution in [3.63, 3.8) is 0 Å². The molecule has 0 aliphatic carbocycles. The highest BCUT2D eigenvalue weighted by Crippen LogP contribution is 2.29. The molecule has 2 N–H and O–H groups in total. The molecule has 2 rings (SSSR count). The van der Waals surface area contributed by atoms with Gasteiger partial charge in [-0.25, -0.2) is 9.78 Å². The lowest BCUT2D eigenvalue weighted by molar-refractivity contribution is -0.137. The molecule has 0 radical (unpaired) electrons. The Bertz CT molecular complexity index is 775. The predicted octanol–water partition coefficient (Wildman–Crippen LogP) is 2.94. The van der Waals surface area contributed by atoms with E-state index in [1.54, 1.807) is 6.92 Å². The lowest BCUT2D eigenvalue weighted by atomic mass is 10.1. The van der Waals surface area contributed by atoms with Crippen LogP contribution in [-0.2, 0) is 10.9 Å². The molecule has 1 heterocycles. The number of rotatable bonds is 6. The van der Waals surface area contributed by atoms with Gasteiger partial charge in [-0.3, -0.25) is 9.69 Å². The van der Waals surface area contributed by atoms with Gasteiger partial charge in [-0.2, -0.15) is 13.2 Å². The number of anilines is 1. The standard InChI is InChI=1S/C16H16F3N3O3S/c1-2-25-14(24)12-9-26-15(21-12)22(8-7-20)13(23)10-3-5-11(6-4-10)16(17,18)19/h3-6,9H,2,7-8,20H2,1H3. The SMILES string of the molecule is CCOC(=O)c1csc(N(CCN)C(=O)c2ccc(C(F)(F)F)cc2)n1. The number of amides is 1. The first-order chi connectivity index (χ1) is 12.3. The quantitative estimate of drug-likeness (QED) is 0.771. The number of carbonyl (C=O) groups excluding carboxylic acids is 2. The fraction of sp³-hybridized carbons (Fsp3) is 0.312. The number of halogens is 3. The number of alkyl halides is 3.